The molecule has 8 nitrogen and oxygen atoms in total. The number of amides is 2. The first-order valence-electron chi connectivity index (χ1n) is 9.50. The van der Waals surface area contributed by atoms with Crippen LogP contribution in [0.15, 0.2) is 48.8 Å². The van der Waals surface area contributed by atoms with Crippen LogP contribution in [0.4, 0.5) is 13.2 Å². The first-order chi connectivity index (χ1) is 15.5. The van der Waals surface area contributed by atoms with Crippen LogP contribution in [0.5, 0.6) is 11.6 Å². The third-order valence-electron chi connectivity index (χ3n) is 4.41. The summed E-state index contributed by atoms with van der Waals surface area (Å²) in [6.45, 7) is 3.78. The predicted octanol–water partition coefficient (Wildman–Crippen LogP) is 3.42. The van der Waals surface area contributed by atoms with Crippen molar-refractivity contribution in [2.75, 3.05) is 6.54 Å². The van der Waals surface area contributed by atoms with Crippen LogP contribution >= 0.6 is 11.6 Å². The highest BCUT2D eigenvalue weighted by atomic mass is 35.5. The molecule has 1 atom stereocenters. The van der Waals surface area contributed by atoms with Gasteiger partial charge in [0, 0.05) is 35.9 Å². The summed E-state index contributed by atoms with van der Waals surface area (Å²) in [6, 6.07) is 6.57. The van der Waals surface area contributed by atoms with Gasteiger partial charge in [-0.05, 0) is 24.3 Å². The van der Waals surface area contributed by atoms with Gasteiger partial charge in [-0.2, -0.15) is 0 Å². The lowest BCUT2D eigenvalue weighted by atomic mass is 10.0. The highest BCUT2D eigenvalue weighted by Gasteiger charge is 2.32. The highest BCUT2D eigenvalue weighted by Crippen LogP contribution is 2.30. The van der Waals surface area contributed by atoms with E-state index in [0.29, 0.717) is 10.6 Å². The zero-order valence-corrected chi connectivity index (χ0v) is 17.6. The lowest BCUT2D eigenvalue weighted by Gasteiger charge is -2.24. The van der Waals surface area contributed by atoms with E-state index >= 15 is 0 Å². The highest BCUT2D eigenvalue weighted by molar-refractivity contribution is 6.31. The summed E-state index contributed by atoms with van der Waals surface area (Å²) in [4.78, 5) is 40.2. The molecule has 1 aliphatic rings. The van der Waals surface area contributed by atoms with E-state index < -0.39 is 30.2 Å². The Balaban J connectivity index is 1.45. The summed E-state index contributed by atoms with van der Waals surface area (Å²) >= 11 is 5.87. The van der Waals surface area contributed by atoms with Gasteiger partial charge in [0.15, 0.2) is 11.9 Å². The molecule has 2 aromatic rings. The number of carbonyl (C=O) groups is 3. The number of ketones is 1. The van der Waals surface area contributed by atoms with E-state index in [9.17, 15) is 27.6 Å². The van der Waals surface area contributed by atoms with Crippen LogP contribution in [0.2, 0.25) is 5.02 Å². The molecular formula is C21H17ClF3N3O5. The van der Waals surface area contributed by atoms with Crippen LogP contribution in [-0.2, 0) is 4.79 Å². The van der Waals surface area contributed by atoms with Crippen molar-refractivity contribution in [3.05, 3.63) is 65.0 Å². The minimum Gasteiger partial charge on any atom is -0.479 e. The first kappa shape index (κ1) is 24.1. The lowest BCUT2D eigenvalue weighted by Crippen LogP contribution is -2.42. The molecule has 174 valence electrons. The van der Waals surface area contributed by atoms with Crippen LogP contribution in [0.3, 0.4) is 0 Å². The van der Waals surface area contributed by atoms with Gasteiger partial charge in [0.25, 0.3) is 11.8 Å². The third-order valence-corrected chi connectivity index (χ3v) is 4.64. The van der Waals surface area contributed by atoms with Crippen LogP contribution in [0.1, 0.15) is 33.6 Å². The van der Waals surface area contributed by atoms with E-state index in [1.807, 2.05) is 0 Å². The van der Waals surface area contributed by atoms with E-state index in [1.165, 1.54) is 12.1 Å². The molecule has 0 saturated carbocycles. The Bertz CT molecular complexity index is 1090. The minimum atomic E-state index is -4.88. The second kappa shape index (κ2) is 9.90. The molecule has 2 amide bonds. The van der Waals surface area contributed by atoms with Crippen LogP contribution < -0.4 is 20.1 Å². The van der Waals surface area contributed by atoms with Gasteiger partial charge in [-0.1, -0.05) is 18.2 Å². The van der Waals surface area contributed by atoms with Gasteiger partial charge in [0.05, 0.1) is 17.5 Å². The Morgan fingerprint density at radius 1 is 1.27 bits per heavy atom. The molecule has 33 heavy (non-hydrogen) atoms. The molecule has 2 N–H and O–H groups in total. The number of benzene rings is 1. The van der Waals surface area contributed by atoms with Crippen molar-refractivity contribution in [3.8, 4) is 11.6 Å². The number of alkyl halides is 3. The standard InChI is InChI=1S/C21H17ClF3N3O5/c1-11(6-7-26-19(30)12-2-5-18(27-10-12)33-21(23,24)25)28-20(31)17-9-15(29)14-8-13(22)3-4-16(14)32-17/h2-5,8,10,17H,1,6-7,9H2,(H,26,30)(H,28,31)/t17-/m1/s1. The predicted molar refractivity (Wildman–Crippen MR) is 110 cm³/mol. The largest absolute Gasteiger partial charge is 0.574 e. The molecule has 0 radical (unpaired) electrons. The number of nitrogens with one attached hydrogen (secondary N) is 2. The molecule has 0 bridgehead atoms. The number of hydrogen-bond acceptors (Lipinski definition) is 6. The maximum Gasteiger partial charge on any atom is 0.574 e. The Hall–Kier alpha value is -3.60. The summed E-state index contributed by atoms with van der Waals surface area (Å²) in [5.41, 5.74) is 0.595. The van der Waals surface area contributed by atoms with Crippen molar-refractivity contribution >= 4 is 29.2 Å². The number of carbonyl (C=O) groups excluding carboxylic acids is 3. The smallest absolute Gasteiger partial charge is 0.479 e. The number of pyridine rings is 1. The number of hydrogen-bond donors (Lipinski definition) is 2. The molecular weight excluding hydrogens is 467 g/mol. The van der Waals surface area contributed by atoms with Crippen molar-refractivity contribution in [2.45, 2.75) is 25.3 Å². The SMILES string of the molecule is C=C(CCNC(=O)c1ccc(OC(F)(F)F)nc1)NC(=O)[C@H]1CC(=O)c2cc(Cl)ccc2O1. The topological polar surface area (TPSA) is 107 Å². The van der Waals surface area contributed by atoms with Gasteiger partial charge in [-0.25, -0.2) is 4.98 Å². The summed E-state index contributed by atoms with van der Waals surface area (Å²) in [5.74, 6) is -1.86. The molecule has 1 aromatic heterocycles. The van der Waals surface area contributed by atoms with Gasteiger partial charge in [-0.15, -0.1) is 13.2 Å². The monoisotopic (exact) mass is 483 g/mol. The van der Waals surface area contributed by atoms with Crippen LogP contribution in [0, 0.1) is 0 Å². The van der Waals surface area contributed by atoms with Crippen molar-refractivity contribution in [1.29, 1.82) is 0 Å². The molecule has 0 unspecified atom stereocenters. The second-order valence-electron chi connectivity index (χ2n) is 6.91. The molecule has 3 rings (SSSR count). The summed E-state index contributed by atoms with van der Waals surface area (Å²) in [7, 11) is 0. The maximum atomic E-state index is 12.4. The summed E-state index contributed by atoms with van der Waals surface area (Å²) in [6.07, 6.45) is -4.98. The Kier molecular flexibility index (Phi) is 7.22. The van der Waals surface area contributed by atoms with Gasteiger partial charge in [0.1, 0.15) is 5.75 Å². The quantitative estimate of drug-likeness (QED) is 0.625. The average Bonchev–Trinajstić information content (AvgIpc) is 2.73. The van der Waals surface area contributed by atoms with Gasteiger partial charge in [-0.3, -0.25) is 14.4 Å². The maximum absolute atomic E-state index is 12.4. The number of rotatable bonds is 7. The van der Waals surface area contributed by atoms with E-state index in [-0.39, 0.29) is 42.2 Å². The fraction of sp³-hybridized carbons (Fsp3) is 0.238. The summed E-state index contributed by atoms with van der Waals surface area (Å²) < 4.78 is 45.6. The molecule has 0 saturated heterocycles. The Morgan fingerprint density at radius 3 is 2.70 bits per heavy atom. The number of nitrogens with zero attached hydrogens (tertiary/aromatic N) is 1. The minimum absolute atomic E-state index is 0.0204. The fourth-order valence-electron chi connectivity index (χ4n) is 2.88. The molecule has 0 spiro atoms. The van der Waals surface area contributed by atoms with Gasteiger partial charge >= 0.3 is 6.36 Å². The number of ether oxygens (including phenoxy) is 2. The number of fused-ring (bicyclic) bond motifs is 1. The Morgan fingerprint density at radius 2 is 2.03 bits per heavy atom. The normalized spacial score (nSPS) is 15.2. The third kappa shape index (κ3) is 6.69. The first-order valence-corrected chi connectivity index (χ1v) is 9.87. The van der Waals surface area contributed by atoms with Crippen LogP contribution in [-0.4, -0.2) is 41.6 Å². The molecule has 0 aliphatic carbocycles. The van der Waals surface area contributed by atoms with E-state index in [0.717, 1.165) is 18.3 Å². The van der Waals surface area contributed by atoms with E-state index in [4.69, 9.17) is 16.3 Å². The molecule has 1 aliphatic heterocycles. The number of Topliss-reactive ketones (excluding diaryl/α,β-unsaturated/α-hetero) is 1. The van der Waals surface area contributed by atoms with Crippen molar-refractivity contribution in [2.24, 2.45) is 0 Å². The molecule has 12 heteroatoms. The molecule has 2 heterocycles. The van der Waals surface area contributed by atoms with Gasteiger partial charge < -0.3 is 20.1 Å². The number of aromatic nitrogens is 1. The zero-order valence-electron chi connectivity index (χ0n) is 16.9. The van der Waals surface area contributed by atoms with Crippen molar-refractivity contribution < 1.29 is 37.0 Å². The zero-order chi connectivity index (χ0) is 24.2. The van der Waals surface area contributed by atoms with Crippen LogP contribution in [0.25, 0.3) is 0 Å². The molecule has 1 aromatic carbocycles. The van der Waals surface area contributed by atoms with Crippen molar-refractivity contribution in [1.82, 2.24) is 15.6 Å². The number of halogens is 4. The average molecular weight is 484 g/mol. The van der Waals surface area contributed by atoms with Gasteiger partial charge in [0.2, 0.25) is 5.88 Å². The summed E-state index contributed by atoms with van der Waals surface area (Å²) in [5, 5.41) is 5.44. The van der Waals surface area contributed by atoms with Crippen molar-refractivity contribution in [3.63, 3.8) is 0 Å². The van der Waals surface area contributed by atoms with E-state index in [2.05, 4.69) is 26.9 Å². The lowest BCUT2D eigenvalue weighted by molar-refractivity contribution is -0.276. The Labute approximate surface area is 190 Å². The molecule has 0 fully saturated rings. The second-order valence-corrected chi connectivity index (χ2v) is 7.34. The fourth-order valence-corrected chi connectivity index (χ4v) is 3.05. The van der Waals surface area contributed by atoms with E-state index in [1.54, 1.807) is 6.07 Å².